The summed E-state index contributed by atoms with van der Waals surface area (Å²) in [6.45, 7) is 4.40. The largest absolute Gasteiger partial charge is 0.491 e. The van der Waals surface area contributed by atoms with Crippen LogP contribution in [0.15, 0.2) is 48.5 Å². The van der Waals surface area contributed by atoms with E-state index in [9.17, 15) is 5.11 Å². The third-order valence-electron chi connectivity index (χ3n) is 3.84. The maximum Gasteiger partial charge on any atom is 0.119 e. The second-order valence-corrected chi connectivity index (χ2v) is 5.94. The van der Waals surface area contributed by atoms with Crippen molar-refractivity contribution in [2.45, 2.75) is 19.1 Å². The van der Waals surface area contributed by atoms with Crippen LogP contribution < -0.4 is 9.47 Å². The minimum Gasteiger partial charge on any atom is -0.491 e. The van der Waals surface area contributed by atoms with Gasteiger partial charge in [-0.05, 0) is 42.3 Å². The molecule has 5 nitrogen and oxygen atoms in total. The summed E-state index contributed by atoms with van der Waals surface area (Å²) in [6.07, 6.45) is -0.354. The van der Waals surface area contributed by atoms with Gasteiger partial charge in [0.2, 0.25) is 0 Å². The molecule has 1 aliphatic heterocycles. The first-order valence-electron chi connectivity index (χ1n) is 8.58. The molecule has 1 N–H and O–H groups in total. The first kappa shape index (κ1) is 17.7. The predicted octanol–water partition coefficient (Wildman–Crippen LogP) is 2.91. The molecule has 0 spiro atoms. The van der Waals surface area contributed by atoms with Crippen LogP contribution >= 0.6 is 0 Å². The molecule has 0 aromatic heterocycles. The SMILES string of the molecule is CCOCC(O)COc1ccc(-c2ccc(OCC3CO3)cc2)cc1. The topological polar surface area (TPSA) is 60.5 Å². The predicted molar refractivity (Wildman–Crippen MR) is 95.1 cm³/mol. The summed E-state index contributed by atoms with van der Waals surface area (Å²) in [7, 11) is 0. The van der Waals surface area contributed by atoms with Gasteiger partial charge in [0.15, 0.2) is 0 Å². The molecule has 25 heavy (non-hydrogen) atoms. The van der Waals surface area contributed by atoms with Crippen molar-refractivity contribution < 1.29 is 24.1 Å². The van der Waals surface area contributed by atoms with E-state index in [-0.39, 0.29) is 19.3 Å². The molecule has 0 aliphatic carbocycles. The van der Waals surface area contributed by atoms with Crippen LogP contribution in [0.5, 0.6) is 11.5 Å². The van der Waals surface area contributed by atoms with Gasteiger partial charge in [-0.15, -0.1) is 0 Å². The molecule has 3 rings (SSSR count). The van der Waals surface area contributed by atoms with Crippen LogP contribution in [-0.2, 0) is 9.47 Å². The van der Waals surface area contributed by atoms with Crippen molar-refractivity contribution in [2.75, 3.05) is 33.0 Å². The number of benzene rings is 2. The Morgan fingerprint density at radius 1 is 0.960 bits per heavy atom. The van der Waals surface area contributed by atoms with Crippen LogP contribution in [-0.4, -0.2) is 50.3 Å². The van der Waals surface area contributed by atoms with E-state index in [1.54, 1.807) is 0 Å². The Morgan fingerprint density at radius 3 is 2.04 bits per heavy atom. The molecule has 2 aromatic carbocycles. The molecular weight excluding hydrogens is 320 g/mol. The number of epoxide rings is 1. The zero-order chi connectivity index (χ0) is 17.5. The molecule has 134 valence electrons. The molecule has 0 radical (unpaired) electrons. The zero-order valence-corrected chi connectivity index (χ0v) is 14.4. The van der Waals surface area contributed by atoms with E-state index in [2.05, 4.69) is 0 Å². The van der Waals surface area contributed by atoms with Gasteiger partial charge >= 0.3 is 0 Å². The second-order valence-electron chi connectivity index (χ2n) is 5.94. The van der Waals surface area contributed by atoms with Crippen LogP contribution in [0.1, 0.15) is 6.92 Å². The normalized spacial score (nSPS) is 17.1. The van der Waals surface area contributed by atoms with Crippen LogP contribution in [0, 0.1) is 0 Å². The Balaban J connectivity index is 1.50. The second kappa shape index (κ2) is 8.85. The van der Waals surface area contributed by atoms with Gasteiger partial charge in [0.25, 0.3) is 0 Å². The van der Waals surface area contributed by atoms with Gasteiger partial charge in [-0.25, -0.2) is 0 Å². The summed E-state index contributed by atoms with van der Waals surface area (Å²) in [5.74, 6) is 1.58. The van der Waals surface area contributed by atoms with E-state index in [0.717, 1.165) is 29.2 Å². The molecule has 1 heterocycles. The first-order valence-corrected chi connectivity index (χ1v) is 8.58. The van der Waals surface area contributed by atoms with E-state index in [4.69, 9.17) is 18.9 Å². The van der Waals surface area contributed by atoms with E-state index in [1.807, 2.05) is 55.5 Å². The fourth-order valence-corrected chi connectivity index (χ4v) is 2.34. The molecule has 2 aromatic rings. The molecule has 1 saturated heterocycles. The van der Waals surface area contributed by atoms with Gasteiger partial charge in [-0.1, -0.05) is 24.3 Å². The lowest BCUT2D eigenvalue weighted by Crippen LogP contribution is -2.23. The van der Waals surface area contributed by atoms with Crippen molar-refractivity contribution in [3.05, 3.63) is 48.5 Å². The molecular formula is C20H24O5. The molecule has 1 aliphatic rings. The van der Waals surface area contributed by atoms with Crippen molar-refractivity contribution in [1.29, 1.82) is 0 Å². The summed E-state index contributed by atoms with van der Waals surface area (Å²) >= 11 is 0. The van der Waals surface area contributed by atoms with Crippen LogP contribution in [0.4, 0.5) is 0 Å². The van der Waals surface area contributed by atoms with Crippen LogP contribution in [0.2, 0.25) is 0 Å². The maximum absolute atomic E-state index is 9.71. The summed E-state index contributed by atoms with van der Waals surface area (Å²) < 4.78 is 21.5. The smallest absolute Gasteiger partial charge is 0.119 e. The highest BCUT2D eigenvalue weighted by atomic mass is 16.6. The first-order chi connectivity index (χ1) is 12.2. The number of hydrogen-bond acceptors (Lipinski definition) is 5. The monoisotopic (exact) mass is 344 g/mol. The number of aliphatic hydroxyl groups is 1. The van der Waals surface area contributed by atoms with Crippen molar-refractivity contribution in [1.82, 2.24) is 0 Å². The van der Waals surface area contributed by atoms with Gasteiger partial charge in [0, 0.05) is 6.61 Å². The van der Waals surface area contributed by atoms with Crippen molar-refractivity contribution in [3.63, 3.8) is 0 Å². The highest BCUT2D eigenvalue weighted by Crippen LogP contribution is 2.25. The molecule has 1 fully saturated rings. The molecule has 0 bridgehead atoms. The van der Waals surface area contributed by atoms with E-state index in [0.29, 0.717) is 13.2 Å². The molecule has 0 saturated carbocycles. The van der Waals surface area contributed by atoms with E-state index in [1.165, 1.54) is 0 Å². The van der Waals surface area contributed by atoms with Gasteiger partial charge in [-0.2, -0.15) is 0 Å². The fourth-order valence-electron chi connectivity index (χ4n) is 2.34. The maximum atomic E-state index is 9.71. The van der Waals surface area contributed by atoms with E-state index >= 15 is 0 Å². The average Bonchev–Trinajstić information content (AvgIpc) is 3.48. The number of rotatable bonds is 10. The summed E-state index contributed by atoms with van der Waals surface area (Å²) in [4.78, 5) is 0. The lowest BCUT2D eigenvalue weighted by Gasteiger charge is -2.12. The van der Waals surface area contributed by atoms with Gasteiger partial charge in [-0.3, -0.25) is 0 Å². The summed E-state index contributed by atoms with van der Waals surface area (Å²) in [5, 5.41) is 9.71. The summed E-state index contributed by atoms with van der Waals surface area (Å²) in [5.41, 5.74) is 2.21. The molecule has 5 heteroatoms. The molecule has 2 unspecified atom stereocenters. The lowest BCUT2D eigenvalue weighted by molar-refractivity contribution is 0.0164. The zero-order valence-electron chi connectivity index (χ0n) is 14.4. The number of aliphatic hydroxyl groups excluding tert-OH is 1. The Labute approximate surface area is 148 Å². The van der Waals surface area contributed by atoms with Crippen LogP contribution in [0.25, 0.3) is 11.1 Å². The van der Waals surface area contributed by atoms with E-state index < -0.39 is 6.10 Å². The Bertz CT molecular complexity index is 634. The third-order valence-corrected chi connectivity index (χ3v) is 3.84. The van der Waals surface area contributed by atoms with Crippen molar-refractivity contribution in [2.24, 2.45) is 0 Å². The minimum absolute atomic E-state index is 0.218. The Morgan fingerprint density at radius 2 is 1.52 bits per heavy atom. The standard InChI is InChI=1S/C20H24O5/c1-2-22-11-17(21)12-23-18-7-3-15(4-8-18)16-5-9-19(10-6-16)24-13-20-14-25-20/h3-10,17,20-21H,2,11-14H2,1H3. The van der Waals surface area contributed by atoms with Gasteiger partial charge < -0.3 is 24.1 Å². The highest BCUT2D eigenvalue weighted by Gasteiger charge is 2.22. The minimum atomic E-state index is -0.617. The fraction of sp³-hybridized carbons (Fsp3) is 0.400. The number of ether oxygens (including phenoxy) is 4. The van der Waals surface area contributed by atoms with Crippen molar-refractivity contribution in [3.8, 4) is 22.6 Å². The van der Waals surface area contributed by atoms with Crippen molar-refractivity contribution >= 4 is 0 Å². The van der Waals surface area contributed by atoms with Gasteiger partial charge in [0.05, 0.1) is 13.2 Å². The summed E-state index contributed by atoms with van der Waals surface area (Å²) in [6, 6.07) is 15.8. The molecule has 0 amide bonds. The van der Waals surface area contributed by atoms with Gasteiger partial charge in [0.1, 0.15) is 36.9 Å². The quantitative estimate of drug-likeness (QED) is 0.672. The molecule has 2 atom stereocenters. The average molecular weight is 344 g/mol. The third kappa shape index (κ3) is 5.74. The van der Waals surface area contributed by atoms with Crippen LogP contribution in [0.3, 0.4) is 0 Å². The Hall–Kier alpha value is -2.08. The lowest BCUT2D eigenvalue weighted by atomic mass is 10.1. The Kier molecular flexibility index (Phi) is 6.28. The highest BCUT2D eigenvalue weighted by molar-refractivity contribution is 5.64. The number of hydrogen-bond donors (Lipinski definition) is 1.